The largest absolute Gasteiger partial charge is 0.493 e. The molecular weight excluding hydrogens is 379 g/mol. The maximum absolute atomic E-state index is 11.7. The van der Waals surface area contributed by atoms with E-state index < -0.39 is 11.9 Å². The highest BCUT2D eigenvalue weighted by atomic mass is 127. The van der Waals surface area contributed by atoms with Gasteiger partial charge in [0.1, 0.15) is 18.8 Å². The molecule has 0 aliphatic heterocycles. The number of ether oxygens (including phenoxy) is 4. The zero-order chi connectivity index (χ0) is 15.1. The Kier molecular flexibility index (Phi) is 6.56. The first kappa shape index (κ1) is 16.5. The van der Waals surface area contributed by atoms with Gasteiger partial charge in [-0.05, 0) is 34.7 Å². The van der Waals surface area contributed by atoms with Crippen molar-refractivity contribution in [3.05, 3.63) is 21.3 Å². The maximum Gasteiger partial charge on any atom is 0.341 e. The number of hydrogen-bond donors (Lipinski definition) is 0. The van der Waals surface area contributed by atoms with Crippen LogP contribution >= 0.6 is 22.6 Å². The van der Waals surface area contributed by atoms with Crippen molar-refractivity contribution in [1.82, 2.24) is 0 Å². The molecule has 0 saturated heterocycles. The second-order valence-electron chi connectivity index (χ2n) is 3.66. The van der Waals surface area contributed by atoms with E-state index in [1.807, 2.05) is 0 Å². The molecule has 0 atom stereocenters. The fraction of sp³-hybridized carbons (Fsp3) is 0.385. The first-order valence-corrected chi connectivity index (χ1v) is 6.79. The summed E-state index contributed by atoms with van der Waals surface area (Å²) in [5.41, 5.74) is 0.263. The summed E-state index contributed by atoms with van der Waals surface area (Å²) < 4.78 is 21.0. The van der Waals surface area contributed by atoms with E-state index in [4.69, 9.17) is 18.9 Å². The van der Waals surface area contributed by atoms with E-state index >= 15 is 0 Å². The van der Waals surface area contributed by atoms with E-state index in [1.165, 1.54) is 21.1 Å². The molecule has 0 bridgehead atoms. The minimum absolute atomic E-state index is 0.0884. The van der Waals surface area contributed by atoms with Crippen LogP contribution in [0, 0.1) is 3.57 Å². The van der Waals surface area contributed by atoms with Crippen molar-refractivity contribution in [3.8, 4) is 11.5 Å². The fourth-order valence-electron chi connectivity index (χ4n) is 1.46. The molecular formula is C13H15IO6. The topological polar surface area (TPSA) is 71.1 Å². The Morgan fingerprint density at radius 3 is 2.45 bits per heavy atom. The van der Waals surface area contributed by atoms with Crippen LogP contribution in [0.4, 0.5) is 0 Å². The van der Waals surface area contributed by atoms with E-state index in [1.54, 1.807) is 12.1 Å². The number of methoxy groups -OCH3 is 2. The van der Waals surface area contributed by atoms with Crippen molar-refractivity contribution in [2.45, 2.75) is 6.92 Å². The molecule has 0 amide bonds. The monoisotopic (exact) mass is 394 g/mol. The summed E-state index contributed by atoms with van der Waals surface area (Å²) >= 11 is 2.06. The molecule has 0 aliphatic carbocycles. The van der Waals surface area contributed by atoms with Crippen LogP contribution in [0.2, 0.25) is 0 Å². The van der Waals surface area contributed by atoms with Crippen LogP contribution < -0.4 is 9.47 Å². The molecule has 1 aromatic carbocycles. The minimum atomic E-state index is -0.524. The van der Waals surface area contributed by atoms with Crippen LogP contribution in [-0.4, -0.2) is 39.4 Å². The molecule has 0 unspecified atom stereocenters. The summed E-state index contributed by atoms with van der Waals surface area (Å²) in [5, 5.41) is 0. The Labute approximate surface area is 130 Å². The van der Waals surface area contributed by atoms with Crippen molar-refractivity contribution < 1.29 is 28.5 Å². The van der Waals surface area contributed by atoms with Gasteiger partial charge in [0.25, 0.3) is 0 Å². The third kappa shape index (κ3) is 4.55. The average molecular weight is 394 g/mol. The molecule has 0 saturated carbocycles. The van der Waals surface area contributed by atoms with Gasteiger partial charge in [-0.15, -0.1) is 0 Å². The van der Waals surface area contributed by atoms with E-state index in [0.717, 1.165) is 3.57 Å². The Morgan fingerprint density at radius 1 is 1.20 bits per heavy atom. The molecule has 110 valence electrons. The van der Waals surface area contributed by atoms with Crippen LogP contribution in [0.3, 0.4) is 0 Å². The summed E-state index contributed by atoms with van der Waals surface area (Å²) in [6, 6.07) is 3.37. The molecule has 0 radical (unpaired) electrons. The predicted molar refractivity (Wildman–Crippen MR) is 79.2 cm³/mol. The lowest BCUT2D eigenvalue weighted by Gasteiger charge is -2.14. The van der Waals surface area contributed by atoms with Crippen LogP contribution in [0.5, 0.6) is 11.5 Å². The summed E-state index contributed by atoms with van der Waals surface area (Å²) in [6.07, 6.45) is 0. The molecule has 0 aromatic heterocycles. The normalized spacial score (nSPS) is 9.80. The second-order valence-corrected chi connectivity index (χ2v) is 4.91. The lowest BCUT2D eigenvalue weighted by molar-refractivity contribution is -0.141. The summed E-state index contributed by atoms with van der Waals surface area (Å²) in [5.74, 6) is -0.229. The van der Waals surface area contributed by atoms with Gasteiger partial charge in [0, 0.05) is 10.5 Å². The zero-order valence-corrected chi connectivity index (χ0v) is 13.6. The van der Waals surface area contributed by atoms with Gasteiger partial charge in [0.15, 0.2) is 11.5 Å². The Balaban J connectivity index is 2.95. The standard InChI is InChI=1S/C13H15IO6/c1-8(15)19-4-5-20-12-10(13(16)18-3)6-9(14)7-11(12)17-2/h6-7H,4-5H2,1-3H3. The third-order valence-corrected chi connectivity index (χ3v) is 2.90. The number of carbonyl (C=O) groups excluding carboxylic acids is 2. The van der Waals surface area contributed by atoms with Gasteiger partial charge in [0.2, 0.25) is 0 Å². The number of carbonyl (C=O) groups is 2. The molecule has 0 heterocycles. The Hall–Kier alpha value is -1.51. The fourth-order valence-corrected chi connectivity index (χ4v) is 2.05. The highest BCUT2D eigenvalue weighted by molar-refractivity contribution is 14.1. The molecule has 0 aliphatic rings. The van der Waals surface area contributed by atoms with Gasteiger partial charge in [-0.25, -0.2) is 4.79 Å². The van der Waals surface area contributed by atoms with E-state index in [9.17, 15) is 9.59 Å². The highest BCUT2D eigenvalue weighted by Crippen LogP contribution is 2.33. The highest BCUT2D eigenvalue weighted by Gasteiger charge is 2.19. The van der Waals surface area contributed by atoms with Crippen LogP contribution in [-0.2, 0) is 14.3 Å². The lowest BCUT2D eigenvalue weighted by atomic mass is 10.2. The minimum Gasteiger partial charge on any atom is -0.493 e. The number of hydrogen-bond acceptors (Lipinski definition) is 6. The predicted octanol–water partition coefficient (Wildman–Crippen LogP) is 2.03. The molecule has 20 heavy (non-hydrogen) atoms. The van der Waals surface area contributed by atoms with Crippen LogP contribution in [0.15, 0.2) is 12.1 Å². The number of esters is 2. The van der Waals surface area contributed by atoms with Crippen LogP contribution in [0.25, 0.3) is 0 Å². The summed E-state index contributed by atoms with van der Waals surface area (Å²) in [7, 11) is 2.77. The van der Waals surface area contributed by atoms with Gasteiger partial charge in [0.05, 0.1) is 14.2 Å². The molecule has 1 rings (SSSR count). The van der Waals surface area contributed by atoms with Gasteiger partial charge in [-0.1, -0.05) is 0 Å². The molecule has 0 N–H and O–H groups in total. The Bertz CT molecular complexity index is 500. The summed E-state index contributed by atoms with van der Waals surface area (Å²) in [4.78, 5) is 22.4. The van der Waals surface area contributed by atoms with E-state index in [2.05, 4.69) is 22.6 Å². The molecule has 1 aromatic rings. The quantitative estimate of drug-likeness (QED) is 0.418. The maximum atomic E-state index is 11.7. The van der Waals surface area contributed by atoms with Gasteiger partial charge in [-0.2, -0.15) is 0 Å². The van der Waals surface area contributed by atoms with Crippen molar-refractivity contribution in [3.63, 3.8) is 0 Å². The van der Waals surface area contributed by atoms with Crippen molar-refractivity contribution in [2.75, 3.05) is 27.4 Å². The molecule has 0 fully saturated rings. The first-order chi connectivity index (χ1) is 9.49. The summed E-state index contributed by atoms with van der Waals surface area (Å²) in [6.45, 7) is 1.51. The van der Waals surface area contributed by atoms with Gasteiger partial charge >= 0.3 is 11.9 Å². The number of benzene rings is 1. The van der Waals surface area contributed by atoms with Gasteiger partial charge in [-0.3, -0.25) is 4.79 Å². The van der Waals surface area contributed by atoms with Crippen molar-refractivity contribution in [1.29, 1.82) is 0 Å². The smallest absolute Gasteiger partial charge is 0.341 e. The zero-order valence-electron chi connectivity index (χ0n) is 11.4. The van der Waals surface area contributed by atoms with Crippen molar-refractivity contribution in [2.24, 2.45) is 0 Å². The van der Waals surface area contributed by atoms with Gasteiger partial charge < -0.3 is 18.9 Å². The number of rotatable bonds is 6. The molecule has 6 nitrogen and oxygen atoms in total. The third-order valence-electron chi connectivity index (χ3n) is 2.28. The molecule has 7 heteroatoms. The van der Waals surface area contributed by atoms with Crippen LogP contribution in [0.1, 0.15) is 17.3 Å². The van der Waals surface area contributed by atoms with E-state index in [0.29, 0.717) is 5.75 Å². The second kappa shape index (κ2) is 7.93. The van der Waals surface area contributed by atoms with Crippen molar-refractivity contribution >= 4 is 34.5 Å². The Morgan fingerprint density at radius 2 is 1.90 bits per heavy atom. The lowest BCUT2D eigenvalue weighted by Crippen LogP contribution is -2.13. The average Bonchev–Trinajstić information content (AvgIpc) is 2.42. The van der Waals surface area contributed by atoms with E-state index in [-0.39, 0.29) is 24.5 Å². The number of halogens is 1. The molecule has 0 spiro atoms. The first-order valence-electron chi connectivity index (χ1n) is 5.71. The SMILES string of the molecule is COC(=O)c1cc(I)cc(OC)c1OCCOC(C)=O.